The molecule has 0 aliphatic carbocycles. The maximum absolute atomic E-state index is 11.6. The number of ether oxygens (including phenoxy) is 1. The smallest absolute Gasteiger partial charge is 0.361 e. The molecule has 0 radical (unpaired) electrons. The molecule has 0 amide bonds. The number of aromatic nitrogens is 3. The summed E-state index contributed by atoms with van der Waals surface area (Å²) in [4.78, 5) is 11.6. The first-order valence-electron chi connectivity index (χ1n) is 5.83. The Balaban J connectivity index is 2.77. The van der Waals surface area contributed by atoms with Crippen LogP contribution in [0.3, 0.4) is 0 Å². The highest BCUT2D eigenvalue weighted by Gasteiger charge is 2.19. The van der Waals surface area contributed by atoms with E-state index in [-0.39, 0.29) is 18.2 Å². The molecule has 1 aromatic rings. The van der Waals surface area contributed by atoms with Gasteiger partial charge < -0.3 is 9.84 Å². The summed E-state index contributed by atoms with van der Waals surface area (Å²) >= 11 is 0. The molecule has 1 aromatic heterocycles. The molecule has 100 valence electrons. The summed E-state index contributed by atoms with van der Waals surface area (Å²) in [6.07, 6.45) is 0.961. The van der Waals surface area contributed by atoms with Gasteiger partial charge in [-0.3, -0.25) is 0 Å². The van der Waals surface area contributed by atoms with E-state index in [2.05, 4.69) is 16.9 Å². The molecule has 1 unspecified atom stereocenters. The first kappa shape index (κ1) is 14.4. The van der Waals surface area contributed by atoms with E-state index in [0.717, 1.165) is 0 Å². The van der Waals surface area contributed by atoms with Gasteiger partial charge in [-0.25, -0.2) is 9.48 Å². The van der Waals surface area contributed by atoms with Crippen LogP contribution in [0.4, 0.5) is 0 Å². The number of hydrogen-bond acceptors (Lipinski definition) is 5. The Morgan fingerprint density at radius 2 is 2.28 bits per heavy atom. The maximum Gasteiger partial charge on any atom is 0.361 e. The lowest BCUT2D eigenvalue weighted by Crippen LogP contribution is -2.23. The average Bonchev–Trinajstić information content (AvgIpc) is 2.68. The Morgan fingerprint density at radius 3 is 2.83 bits per heavy atom. The third-order valence-corrected chi connectivity index (χ3v) is 2.64. The second-order valence-corrected chi connectivity index (χ2v) is 4.40. The van der Waals surface area contributed by atoms with Crippen molar-refractivity contribution in [2.24, 2.45) is 5.92 Å². The molecule has 0 bridgehead atoms. The molecule has 0 spiro atoms. The fourth-order valence-corrected chi connectivity index (χ4v) is 1.31. The van der Waals surface area contributed by atoms with Crippen LogP contribution in [-0.4, -0.2) is 38.8 Å². The number of rotatable bonds is 6. The van der Waals surface area contributed by atoms with Crippen molar-refractivity contribution in [3.63, 3.8) is 0 Å². The zero-order valence-electron chi connectivity index (χ0n) is 11.0. The van der Waals surface area contributed by atoms with Gasteiger partial charge in [-0.2, -0.15) is 0 Å². The van der Waals surface area contributed by atoms with E-state index in [1.54, 1.807) is 6.92 Å². The molecule has 0 saturated heterocycles. The monoisotopic (exact) mass is 253 g/mol. The van der Waals surface area contributed by atoms with E-state index in [0.29, 0.717) is 12.2 Å². The summed E-state index contributed by atoms with van der Waals surface area (Å²) in [6.45, 7) is 9.46. The van der Waals surface area contributed by atoms with Crippen molar-refractivity contribution in [3.8, 4) is 0 Å². The van der Waals surface area contributed by atoms with Crippen molar-refractivity contribution in [2.45, 2.75) is 33.4 Å². The Bertz CT molecular complexity index is 426. The van der Waals surface area contributed by atoms with Gasteiger partial charge in [0, 0.05) is 0 Å². The van der Waals surface area contributed by atoms with Gasteiger partial charge >= 0.3 is 5.97 Å². The van der Waals surface area contributed by atoms with Gasteiger partial charge in [0.05, 0.1) is 18.3 Å². The highest BCUT2D eigenvalue weighted by atomic mass is 16.5. The molecule has 1 heterocycles. The number of aliphatic hydroxyl groups excluding tert-OH is 1. The quantitative estimate of drug-likeness (QED) is 0.603. The fraction of sp³-hybridized carbons (Fsp3) is 0.583. The zero-order valence-corrected chi connectivity index (χ0v) is 11.0. The lowest BCUT2D eigenvalue weighted by Gasteiger charge is -2.14. The van der Waals surface area contributed by atoms with Crippen molar-refractivity contribution in [1.29, 1.82) is 0 Å². The molecule has 6 nitrogen and oxygen atoms in total. The number of nitrogens with zero attached hydrogens (tertiary/aromatic N) is 3. The van der Waals surface area contributed by atoms with E-state index in [4.69, 9.17) is 4.74 Å². The van der Waals surface area contributed by atoms with Crippen LogP contribution in [0.15, 0.2) is 12.7 Å². The summed E-state index contributed by atoms with van der Waals surface area (Å²) in [6, 6.07) is 0. The first-order valence-corrected chi connectivity index (χ1v) is 5.83. The third-order valence-electron chi connectivity index (χ3n) is 2.64. The normalized spacial score (nSPS) is 12.5. The van der Waals surface area contributed by atoms with Gasteiger partial charge in [0.1, 0.15) is 6.61 Å². The Morgan fingerprint density at radius 1 is 1.61 bits per heavy atom. The molecular formula is C12H19N3O3. The molecule has 1 N–H and O–H groups in total. The summed E-state index contributed by atoms with van der Waals surface area (Å²) in [7, 11) is 0. The van der Waals surface area contributed by atoms with E-state index in [1.807, 2.05) is 13.8 Å². The van der Waals surface area contributed by atoms with Gasteiger partial charge in [-0.1, -0.05) is 31.7 Å². The molecule has 1 atom stereocenters. The highest BCUT2D eigenvalue weighted by molar-refractivity contribution is 5.88. The minimum absolute atomic E-state index is 0.116. The SMILES string of the molecule is C=CCOC(=O)c1nnn(CC(O)C(C)C)c1C. The fourth-order valence-electron chi connectivity index (χ4n) is 1.31. The van der Waals surface area contributed by atoms with E-state index in [9.17, 15) is 9.90 Å². The van der Waals surface area contributed by atoms with Crippen LogP contribution in [0, 0.1) is 12.8 Å². The summed E-state index contributed by atoms with van der Waals surface area (Å²) in [5.74, 6) is -0.414. The molecule has 6 heteroatoms. The molecule has 18 heavy (non-hydrogen) atoms. The van der Waals surface area contributed by atoms with Crippen molar-refractivity contribution < 1.29 is 14.6 Å². The lowest BCUT2D eigenvalue weighted by molar-refractivity contribution is 0.0541. The summed E-state index contributed by atoms with van der Waals surface area (Å²) in [5, 5.41) is 17.4. The number of aliphatic hydroxyl groups is 1. The van der Waals surface area contributed by atoms with E-state index in [1.165, 1.54) is 10.8 Å². The molecule has 0 aliphatic rings. The van der Waals surface area contributed by atoms with Gasteiger partial charge in [0.15, 0.2) is 5.69 Å². The first-order chi connectivity index (χ1) is 8.47. The third kappa shape index (κ3) is 3.40. The van der Waals surface area contributed by atoms with Gasteiger partial charge in [-0.15, -0.1) is 5.10 Å². The Labute approximate surface area is 106 Å². The van der Waals surface area contributed by atoms with Crippen LogP contribution in [-0.2, 0) is 11.3 Å². The molecule has 0 saturated carbocycles. The van der Waals surface area contributed by atoms with Crippen molar-refractivity contribution >= 4 is 5.97 Å². The number of esters is 1. The van der Waals surface area contributed by atoms with Crippen LogP contribution in [0.5, 0.6) is 0 Å². The summed E-state index contributed by atoms with van der Waals surface area (Å²) < 4.78 is 6.40. The molecule has 0 aromatic carbocycles. The van der Waals surface area contributed by atoms with Gasteiger partial charge in [0.2, 0.25) is 0 Å². The van der Waals surface area contributed by atoms with E-state index < -0.39 is 12.1 Å². The predicted octanol–water partition coefficient (Wildman–Crippen LogP) is 0.946. The minimum Gasteiger partial charge on any atom is -0.457 e. The lowest BCUT2D eigenvalue weighted by atomic mass is 10.1. The van der Waals surface area contributed by atoms with Gasteiger partial charge in [0.25, 0.3) is 0 Å². The van der Waals surface area contributed by atoms with Crippen LogP contribution in [0.25, 0.3) is 0 Å². The van der Waals surface area contributed by atoms with Gasteiger partial charge in [-0.05, 0) is 12.8 Å². The minimum atomic E-state index is -0.530. The molecule has 0 aliphatic heterocycles. The van der Waals surface area contributed by atoms with Crippen LogP contribution in [0.1, 0.15) is 30.0 Å². The largest absolute Gasteiger partial charge is 0.457 e. The highest BCUT2D eigenvalue weighted by Crippen LogP contribution is 2.09. The molecular weight excluding hydrogens is 234 g/mol. The van der Waals surface area contributed by atoms with Crippen molar-refractivity contribution in [2.75, 3.05) is 6.61 Å². The van der Waals surface area contributed by atoms with Crippen LogP contribution >= 0.6 is 0 Å². The number of carbonyl (C=O) groups is 1. The average molecular weight is 253 g/mol. The second-order valence-electron chi connectivity index (χ2n) is 4.40. The molecule has 0 fully saturated rings. The maximum atomic E-state index is 11.6. The zero-order chi connectivity index (χ0) is 13.7. The number of carbonyl (C=O) groups excluding carboxylic acids is 1. The second kappa shape index (κ2) is 6.30. The topological polar surface area (TPSA) is 77.2 Å². The standard InChI is InChI=1S/C12H19N3O3/c1-5-6-18-12(17)11-9(4)15(14-13-11)7-10(16)8(2)3/h5,8,10,16H,1,6-7H2,2-4H3. The van der Waals surface area contributed by atoms with Crippen LogP contribution < -0.4 is 0 Å². The van der Waals surface area contributed by atoms with Crippen molar-refractivity contribution in [1.82, 2.24) is 15.0 Å². The van der Waals surface area contributed by atoms with E-state index >= 15 is 0 Å². The Hall–Kier alpha value is -1.69. The predicted molar refractivity (Wildman–Crippen MR) is 66.1 cm³/mol. The summed E-state index contributed by atoms with van der Waals surface area (Å²) in [5.41, 5.74) is 0.761. The van der Waals surface area contributed by atoms with Crippen molar-refractivity contribution in [3.05, 3.63) is 24.0 Å². The Kier molecular flexibility index (Phi) is 5.03. The number of hydrogen-bond donors (Lipinski definition) is 1. The molecule has 1 rings (SSSR count). The van der Waals surface area contributed by atoms with Crippen LogP contribution in [0.2, 0.25) is 0 Å².